The number of nitrogens with zero attached hydrogens (tertiary/aromatic N) is 2. The third-order valence-corrected chi connectivity index (χ3v) is 5.78. The number of furan rings is 1. The van der Waals surface area contributed by atoms with Gasteiger partial charge in [0.25, 0.3) is 11.8 Å². The van der Waals surface area contributed by atoms with Crippen LogP contribution in [0.2, 0.25) is 0 Å². The second-order valence-electron chi connectivity index (χ2n) is 8.11. The van der Waals surface area contributed by atoms with E-state index in [1.165, 1.54) is 0 Å². The molecule has 1 fully saturated rings. The Labute approximate surface area is 193 Å². The van der Waals surface area contributed by atoms with E-state index in [4.69, 9.17) is 13.9 Å². The minimum absolute atomic E-state index is 0.130. The Morgan fingerprint density at radius 2 is 1.94 bits per heavy atom. The molecule has 0 atom stereocenters. The van der Waals surface area contributed by atoms with Gasteiger partial charge in [-0.05, 0) is 31.9 Å². The summed E-state index contributed by atoms with van der Waals surface area (Å²) in [5, 5.41) is 7.27. The number of hydrazone groups is 1. The van der Waals surface area contributed by atoms with Crippen LogP contribution in [0.4, 0.5) is 0 Å². The molecule has 1 aliphatic heterocycles. The number of morpholine rings is 1. The van der Waals surface area contributed by atoms with Crippen molar-refractivity contribution in [3.63, 3.8) is 0 Å². The second kappa shape index (κ2) is 11.1. The molecule has 0 bridgehead atoms. The Bertz CT molecular complexity index is 996. The van der Waals surface area contributed by atoms with Gasteiger partial charge < -0.3 is 19.2 Å². The van der Waals surface area contributed by atoms with Crippen molar-refractivity contribution in [3.8, 4) is 5.75 Å². The van der Waals surface area contributed by atoms with E-state index in [1.54, 1.807) is 12.1 Å². The quantitative estimate of drug-likeness (QED) is 0.590. The Balaban J connectivity index is 1.35. The summed E-state index contributed by atoms with van der Waals surface area (Å²) in [6.07, 6.45) is 2.28. The molecular formula is C24H30N4O5. The summed E-state index contributed by atoms with van der Waals surface area (Å²) in [5.74, 6) is 1.10. The van der Waals surface area contributed by atoms with Gasteiger partial charge in [0.05, 0.1) is 18.9 Å². The predicted octanol–water partition coefficient (Wildman–Crippen LogP) is 1.89. The lowest BCUT2D eigenvalue weighted by molar-refractivity contribution is -0.123. The van der Waals surface area contributed by atoms with Crippen molar-refractivity contribution in [1.82, 2.24) is 15.6 Å². The largest absolute Gasteiger partial charge is 0.484 e. The Hall–Kier alpha value is -3.17. The Morgan fingerprint density at radius 1 is 1.15 bits per heavy atom. The average Bonchev–Trinajstić information content (AvgIpc) is 3.20. The molecule has 2 amide bonds. The van der Waals surface area contributed by atoms with Crippen LogP contribution >= 0.6 is 0 Å². The van der Waals surface area contributed by atoms with E-state index < -0.39 is 0 Å². The molecule has 1 saturated heterocycles. The summed E-state index contributed by atoms with van der Waals surface area (Å²) in [6, 6.07) is 9.14. The summed E-state index contributed by atoms with van der Waals surface area (Å²) in [6.45, 7) is 6.28. The third-order valence-electron chi connectivity index (χ3n) is 5.78. The molecule has 0 spiro atoms. The van der Waals surface area contributed by atoms with Gasteiger partial charge in [-0.3, -0.25) is 14.5 Å². The van der Waals surface area contributed by atoms with Crippen LogP contribution in [0, 0.1) is 6.92 Å². The van der Waals surface area contributed by atoms with Crippen LogP contribution in [0.5, 0.6) is 5.75 Å². The number of hydrogen-bond donors (Lipinski definition) is 2. The van der Waals surface area contributed by atoms with E-state index in [0.29, 0.717) is 24.5 Å². The van der Waals surface area contributed by atoms with E-state index in [9.17, 15) is 9.59 Å². The molecule has 33 heavy (non-hydrogen) atoms. The molecule has 0 radical (unpaired) electrons. The zero-order valence-corrected chi connectivity index (χ0v) is 18.9. The van der Waals surface area contributed by atoms with Gasteiger partial charge in [0.15, 0.2) is 12.4 Å². The molecule has 2 N–H and O–H groups in total. The first-order chi connectivity index (χ1) is 16.1. The maximum Gasteiger partial charge on any atom is 0.287 e. The standard InChI is InChI=1S/C24H30N4O5/c1-17-22-19(26-27-21(29)16-32-18-6-3-2-4-7-18)8-5-9-20(22)33-23(17)24(30)25-10-11-28-12-14-31-15-13-28/h2-4,6-7H,5,8-16H2,1H3,(H,25,30)(H,27,29)/b26-19+. The molecule has 2 aliphatic rings. The van der Waals surface area contributed by atoms with E-state index in [1.807, 2.05) is 25.1 Å². The van der Waals surface area contributed by atoms with Gasteiger partial charge >= 0.3 is 0 Å². The fourth-order valence-corrected chi connectivity index (χ4v) is 4.06. The highest BCUT2D eigenvalue weighted by molar-refractivity contribution is 6.06. The van der Waals surface area contributed by atoms with Crippen molar-refractivity contribution in [2.45, 2.75) is 26.2 Å². The first-order valence-electron chi connectivity index (χ1n) is 11.4. The van der Waals surface area contributed by atoms with E-state index in [0.717, 1.165) is 68.3 Å². The highest BCUT2D eigenvalue weighted by Gasteiger charge is 2.28. The maximum absolute atomic E-state index is 12.7. The minimum atomic E-state index is -0.347. The van der Waals surface area contributed by atoms with Crippen LogP contribution in [0.3, 0.4) is 0 Å². The van der Waals surface area contributed by atoms with Crippen molar-refractivity contribution in [2.75, 3.05) is 46.0 Å². The smallest absolute Gasteiger partial charge is 0.287 e. The van der Waals surface area contributed by atoms with Crippen molar-refractivity contribution in [1.29, 1.82) is 0 Å². The van der Waals surface area contributed by atoms with Crippen LogP contribution in [0.25, 0.3) is 0 Å². The summed E-state index contributed by atoms with van der Waals surface area (Å²) < 4.78 is 16.7. The van der Waals surface area contributed by atoms with Gasteiger partial charge in [0, 0.05) is 43.7 Å². The molecule has 176 valence electrons. The molecule has 4 rings (SSSR count). The topological polar surface area (TPSA) is 105 Å². The molecule has 9 heteroatoms. The predicted molar refractivity (Wildman–Crippen MR) is 123 cm³/mol. The van der Waals surface area contributed by atoms with Crippen LogP contribution < -0.4 is 15.5 Å². The van der Waals surface area contributed by atoms with Crippen molar-refractivity contribution in [2.24, 2.45) is 5.10 Å². The van der Waals surface area contributed by atoms with Gasteiger partial charge in [-0.2, -0.15) is 5.10 Å². The third kappa shape index (κ3) is 6.00. The Morgan fingerprint density at radius 3 is 2.73 bits per heavy atom. The highest BCUT2D eigenvalue weighted by atomic mass is 16.5. The lowest BCUT2D eigenvalue weighted by Crippen LogP contribution is -2.41. The summed E-state index contributed by atoms with van der Waals surface area (Å²) in [7, 11) is 0. The van der Waals surface area contributed by atoms with Crippen LogP contribution in [0.1, 0.15) is 40.3 Å². The van der Waals surface area contributed by atoms with E-state index in [2.05, 4.69) is 20.7 Å². The minimum Gasteiger partial charge on any atom is -0.484 e. The van der Waals surface area contributed by atoms with Gasteiger partial charge in [-0.1, -0.05) is 18.2 Å². The number of nitrogens with one attached hydrogen (secondary N) is 2. The molecule has 1 aromatic carbocycles. The van der Waals surface area contributed by atoms with Crippen LogP contribution in [0.15, 0.2) is 39.9 Å². The van der Waals surface area contributed by atoms with Crippen molar-refractivity contribution in [3.05, 3.63) is 53.0 Å². The zero-order valence-electron chi connectivity index (χ0n) is 18.9. The number of carbonyl (C=O) groups is 2. The maximum atomic E-state index is 12.7. The molecule has 1 aromatic heterocycles. The number of amides is 2. The number of benzene rings is 1. The molecule has 2 heterocycles. The average molecular weight is 455 g/mol. The SMILES string of the molecule is Cc1c(C(=O)NCCN2CCOCC2)oc2c1/C(=N/NC(=O)COc1ccccc1)CCC2. The van der Waals surface area contributed by atoms with E-state index >= 15 is 0 Å². The fourth-order valence-electron chi connectivity index (χ4n) is 4.06. The normalized spacial score (nSPS) is 17.4. The number of hydrogen-bond acceptors (Lipinski definition) is 7. The number of rotatable bonds is 8. The first kappa shape index (κ1) is 23.0. The molecule has 1 aliphatic carbocycles. The molecule has 0 unspecified atom stereocenters. The van der Waals surface area contributed by atoms with Crippen LogP contribution in [-0.2, 0) is 16.0 Å². The summed E-state index contributed by atoms with van der Waals surface area (Å²) in [5.41, 5.74) is 4.86. The lowest BCUT2D eigenvalue weighted by Gasteiger charge is -2.26. The van der Waals surface area contributed by atoms with Crippen molar-refractivity contribution < 1.29 is 23.5 Å². The van der Waals surface area contributed by atoms with Gasteiger partial charge in [-0.15, -0.1) is 0 Å². The molecule has 2 aromatic rings. The second-order valence-corrected chi connectivity index (χ2v) is 8.11. The van der Waals surface area contributed by atoms with E-state index in [-0.39, 0.29) is 18.4 Å². The number of fused-ring (bicyclic) bond motifs is 1. The highest BCUT2D eigenvalue weighted by Crippen LogP contribution is 2.29. The van der Waals surface area contributed by atoms with Crippen molar-refractivity contribution >= 4 is 17.5 Å². The number of carbonyl (C=O) groups excluding carboxylic acids is 2. The molecule has 9 nitrogen and oxygen atoms in total. The zero-order chi connectivity index (χ0) is 23.0. The first-order valence-corrected chi connectivity index (χ1v) is 11.4. The fraction of sp³-hybridized carbons (Fsp3) is 0.458. The number of para-hydroxylation sites is 1. The summed E-state index contributed by atoms with van der Waals surface area (Å²) in [4.78, 5) is 27.2. The number of ether oxygens (including phenoxy) is 2. The van der Waals surface area contributed by atoms with Crippen LogP contribution in [-0.4, -0.2) is 68.4 Å². The summed E-state index contributed by atoms with van der Waals surface area (Å²) >= 11 is 0. The van der Waals surface area contributed by atoms with Gasteiger partial charge in [-0.25, -0.2) is 5.43 Å². The molecule has 0 saturated carbocycles. The number of aryl methyl sites for hydroxylation is 1. The Kier molecular flexibility index (Phi) is 7.74. The van der Waals surface area contributed by atoms with Gasteiger partial charge in [0.2, 0.25) is 0 Å². The lowest BCUT2D eigenvalue weighted by atomic mass is 9.93. The monoisotopic (exact) mass is 454 g/mol. The molecular weight excluding hydrogens is 424 g/mol. The van der Waals surface area contributed by atoms with Gasteiger partial charge in [0.1, 0.15) is 11.5 Å².